The van der Waals surface area contributed by atoms with Gasteiger partial charge in [-0.1, -0.05) is 0 Å². The van der Waals surface area contributed by atoms with Gasteiger partial charge < -0.3 is 19.2 Å². The Morgan fingerprint density at radius 2 is 2.17 bits per heavy atom. The Morgan fingerprint density at radius 1 is 1.39 bits per heavy atom. The van der Waals surface area contributed by atoms with Crippen molar-refractivity contribution in [3.05, 3.63) is 28.5 Å². The number of morpholine rings is 1. The number of carbonyl (C=O) groups is 2. The van der Waals surface area contributed by atoms with E-state index in [4.69, 9.17) is 9.15 Å². The maximum atomic E-state index is 12.7. The molecule has 0 unspecified atom stereocenters. The van der Waals surface area contributed by atoms with Gasteiger partial charge in [0.1, 0.15) is 10.6 Å². The maximum absolute atomic E-state index is 12.7. The average molecular weight is 336 g/mol. The van der Waals surface area contributed by atoms with Gasteiger partial charge in [0.05, 0.1) is 18.9 Å². The summed E-state index contributed by atoms with van der Waals surface area (Å²) < 4.78 is 10.7. The molecule has 0 aromatic carbocycles. The van der Waals surface area contributed by atoms with Crippen LogP contribution in [0.3, 0.4) is 0 Å². The van der Waals surface area contributed by atoms with Crippen LogP contribution in [-0.2, 0) is 9.53 Å². The van der Waals surface area contributed by atoms with E-state index < -0.39 is 12.0 Å². The lowest BCUT2D eigenvalue weighted by atomic mass is 10.2. The molecule has 3 heterocycles. The fraction of sp³-hybridized carbons (Fsp3) is 0.400. The molecule has 2 aromatic rings. The van der Waals surface area contributed by atoms with Crippen molar-refractivity contribution in [3.8, 4) is 10.8 Å². The molecule has 0 spiro atoms. The van der Waals surface area contributed by atoms with Crippen LogP contribution in [0.5, 0.6) is 0 Å². The lowest BCUT2D eigenvalue weighted by molar-refractivity contribution is -0.147. The molecular weight excluding hydrogens is 320 g/mol. The number of aliphatic carboxylic acids is 1. The second-order valence-corrected chi connectivity index (χ2v) is 6.27. The van der Waals surface area contributed by atoms with E-state index >= 15 is 0 Å². The lowest BCUT2D eigenvalue weighted by Gasteiger charge is -2.32. The Labute approximate surface area is 136 Å². The van der Waals surface area contributed by atoms with Crippen molar-refractivity contribution in [2.75, 3.05) is 19.8 Å². The van der Waals surface area contributed by atoms with Gasteiger partial charge in [0, 0.05) is 6.54 Å². The molecule has 8 heteroatoms. The van der Waals surface area contributed by atoms with E-state index in [0.717, 1.165) is 5.76 Å². The molecule has 0 bridgehead atoms. The van der Waals surface area contributed by atoms with Crippen LogP contribution in [0.15, 0.2) is 16.5 Å². The molecule has 0 aliphatic carbocycles. The van der Waals surface area contributed by atoms with Crippen LogP contribution in [0.25, 0.3) is 10.8 Å². The molecule has 3 rings (SSSR count). The Bertz CT molecular complexity index is 751. The number of amides is 1. The highest BCUT2D eigenvalue weighted by Gasteiger charge is 2.35. The number of aryl methyl sites for hydroxylation is 2. The highest BCUT2D eigenvalue weighted by atomic mass is 32.1. The lowest BCUT2D eigenvalue weighted by Crippen LogP contribution is -2.52. The Balaban J connectivity index is 1.90. The molecule has 7 nitrogen and oxygen atoms in total. The fourth-order valence-electron chi connectivity index (χ4n) is 2.43. The molecule has 1 saturated heterocycles. The number of carboxylic acids is 1. The minimum atomic E-state index is -1.07. The molecule has 1 fully saturated rings. The summed E-state index contributed by atoms with van der Waals surface area (Å²) in [6, 6.07) is 2.67. The van der Waals surface area contributed by atoms with Crippen molar-refractivity contribution in [1.29, 1.82) is 0 Å². The van der Waals surface area contributed by atoms with Crippen LogP contribution in [-0.4, -0.2) is 52.7 Å². The molecule has 1 N–H and O–H groups in total. The van der Waals surface area contributed by atoms with Crippen molar-refractivity contribution in [2.24, 2.45) is 0 Å². The summed E-state index contributed by atoms with van der Waals surface area (Å²) in [7, 11) is 0. The first kappa shape index (κ1) is 15.7. The van der Waals surface area contributed by atoms with Gasteiger partial charge in [-0.15, -0.1) is 11.3 Å². The number of furan rings is 1. The minimum Gasteiger partial charge on any atom is -0.480 e. The van der Waals surface area contributed by atoms with Gasteiger partial charge in [0.15, 0.2) is 16.8 Å². The average Bonchev–Trinajstić information content (AvgIpc) is 3.12. The summed E-state index contributed by atoms with van der Waals surface area (Å²) in [5.74, 6) is -0.0291. The van der Waals surface area contributed by atoms with Crippen molar-refractivity contribution >= 4 is 23.2 Å². The molecule has 122 valence electrons. The zero-order valence-corrected chi connectivity index (χ0v) is 13.6. The van der Waals surface area contributed by atoms with Crippen molar-refractivity contribution < 1.29 is 23.8 Å². The number of carbonyl (C=O) groups excluding carboxylic acids is 1. The molecule has 0 radical (unpaired) electrons. The largest absolute Gasteiger partial charge is 0.480 e. The number of thiazole rings is 1. The first-order valence-electron chi connectivity index (χ1n) is 7.13. The first-order valence-corrected chi connectivity index (χ1v) is 7.95. The number of hydrogen-bond acceptors (Lipinski definition) is 6. The van der Waals surface area contributed by atoms with Gasteiger partial charge in [-0.25, -0.2) is 9.78 Å². The predicted molar refractivity (Wildman–Crippen MR) is 82.6 cm³/mol. The van der Waals surface area contributed by atoms with Gasteiger partial charge >= 0.3 is 5.97 Å². The van der Waals surface area contributed by atoms with E-state index in [1.807, 2.05) is 13.0 Å². The smallest absolute Gasteiger partial charge is 0.328 e. The zero-order valence-electron chi connectivity index (χ0n) is 12.7. The van der Waals surface area contributed by atoms with Crippen LogP contribution in [0.4, 0.5) is 0 Å². The van der Waals surface area contributed by atoms with Gasteiger partial charge in [0.25, 0.3) is 5.91 Å². The number of aromatic nitrogens is 1. The maximum Gasteiger partial charge on any atom is 0.328 e. The number of ether oxygens (including phenoxy) is 1. The monoisotopic (exact) mass is 336 g/mol. The van der Waals surface area contributed by atoms with Crippen LogP contribution in [0.2, 0.25) is 0 Å². The first-order chi connectivity index (χ1) is 11.0. The third-order valence-corrected chi connectivity index (χ3v) is 4.78. The second kappa shape index (κ2) is 6.13. The summed E-state index contributed by atoms with van der Waals surface area (Å²) in [5, 5.41) is 9.87. The summed E-state index contributed by atoms with van der Waals surface area (Å²) in [4.78, 5) is 30.2. The van der Waals surface area contributed by atoms with Gasteiger partial charge in [-0.2, -0.15) is 0 Å². The molecule has 1 atom stereocenters. The van der Waals surface area contributed by atoms with E-state index in [9.17, 15) is 14.7 Å². The standard InChI is InChI=1S/C15H16N2O5S/c1-8-3-4-11(22-8)13-16-9(2)12(23-13)14(18)17-5-6-21-7-10(17)15(19)20/h3-4,10H,5-7H2,1-2H3,(H,19,20)/t10-/m1/s1. The third kappa shape index (κ3) is 2.99. The molecule has 1 aliphatic rings. The summed E-state index contributed by atoms with van der Waals surface area (Å²) in [5.41, 5.74) is 0.569. The Hall–Kier alpha value is -2.19. The summed E-state index contributed by atoms with van der Waals surface area (Å²) in [6.07, 6.45) is 0. The third-order valence-electron chi connectivity index (χ3n) is 3.62. The summed E-state index contributed by atoms with van der Waals surface area (Å²) >= 11 is 1.21. The molecule has 1 amide bonds. The van der Waals surface area contributed by atoms with E-state index in [2.05, 4.69) is 4.98 Å². The van der Waals surface area contributed by atoms with E-state index in [1.165, 1.54) is 16.2 Å². The minimum absolute atomic E-state index is 0.00314. The highest BCUT2D eigenvalue weighted by Crippen LogP contribution is 2.30. The molecule has 2 aromatic heterocycles. The van der Waals surface area contributed by atoms with Crippen LogP contribution in [0.1, 0.15) is 21.1 Å². The van der Waals surface area contributed by atoms with Crippen molar-refractivity contribution in [1.82, 2.24) is 9.88 Å². The molecule has 1 aliphatic heterocycles. The van der Waals surface area contributed by atoms with Gasteiger partial charge in [-0.05, 0) is 26.0 Å². The number of carboxylic acid groups (broad SMARTS) is 1. The van der Waals surface area contributed by atoms with Crippen molar-refractivity contribution in [3.63, 3.8) is 0 Å². The van der Waals surface area contributed by atoms with E-state index in [1.54, 1.807) is 13.0 Å². The predicted octanol–water partition coefficient (Wildman–Crippen LogP) is 1.95. The van der Waals surface area contributed by atoms with E-state index in [0.29, 0.717) is 27.9 Å². The SMILES string of the molecule is Cc1ccc(-c2nc(C)c(C(=O)N3CCOC[C@@H]3C(=O)O)s2)o1. The summed E-state index contributed by atoms with van der Waals surface area (Å²) in [6.45, 7) is 4.16. The van der Waals surface area contributed by atoms with Crippen LogP contribution in [0, 0.1) is 13.8 Å². The fourth-order valence-corrected chi connectivity index (χ4v) is 3.42. The number of hydrogen-bond donors (Lipinski definition) is 1. The number of nitrogens with zero attached hydrogens (tertiary/aromatic N) is 2. The second-order valence-electron chi connectivity index (χ2n) is 5.27. The molecular formula is C15H16N2O5S. The zero-order chi connectivity index (χ0) is 16.6. The Kier molecular flexibility index (Phi) is 4.18. The van der Waals surface area contributed by atoms with Crippen LogP contribution >= 0.6 is 11.3 Å². The molecule has 23 heavy (non-hydrogen) atoms. The van der Waals surface area contributed by atoms with Crippen molar-refractivity contribution in [2.45, 2.75) is 19.9 Å². The highest BCUT2D eigenvalue weighted by molar-refractivity contribution is 7.17. The molecule has 0 saturated carbocycles. The van der Waals surface area contributed by atoms with Gasteiger partial charge in [-0.3, -0.25) is 4.79 Å². The van der Waals surface area contributed by atoms with Crippen LogP contribution < -0.4 is 0 Å². The van der Waals surface area contributed by atoms with Gasteiger partial charge in [0.2, 0.25) is 0 Å². The number of rotatable bonds is 3. The normalized spacial score (nSPS) is 18.2. The Morgan fingerprint density at radius 3 is 2.83 bits per heavy atom. The van der Waals surface area contributed by atoms with E-state index in [-0.39, 0.29) is 19.1 Å². The quantitative estimate of drug-likeness (QED) is 0.921. The topological polar surface area (TPSA) is 92.9 Å².